The van der Waals surface area contributed by atoms with Gasteiger partial charge in [-0.2, -0.15) is 0 Å². The molecule has 2 aromatic carbocycles. The fourth-order valence-electron chi connectivity index (χ4n) is 2.51. The number of carbonyl (C=O) groups excluding carboxylic acids is 2. The van der Waals surface area contributed by atoms with E-state index in [0.29, 0.717) is 0 Å². The lowest BCUT2D eigenvalue weighted by Crippen LogP contribution is -2.20. The Morgan fingerprint density at radius 2 is 1.61 bits per heavy atom. The number of hydrogen-bond donors (Lipinski definition) is 1. The number of allylic oxidation sites excluding steroid dienone is 2. The highest BCUT2D eigenvalue weighted by atomic mass is 35.5. The molecule has 0 saturated carbocycles. The molecule has 0 fully saturated rings. The number of phenolic OH excluding ortho intramolecular Hbond substituents is 1. The number of para-hydroxylation sites is 1. The van der Waals surface area contributed by atoms with Crippen molar-refractivity contribution in [3.8, 4) is 5.75 Å². The van der Waals surface area contributed by atoms with Crippen LogP contribution < -0.4 is 0 Å². The van der Waals surface area contributed by atoms with E-state index in [4.69, 9.17) is 11.6 Å². The van der Waals surface area contributed by atoms with Crippen molar-refractivity contribution in [2.75, 3.05) is 0 Å². The van der Waals surface area contributed by atoms with E-state index in [1.165, 1.54) is 42.5 Å². The Morgan fingerprint density at radius 1 is 0.957 bits per heavy atom. The Bertz CT molecular complexity index is 916. The molecule has 0 spiro atoms. The van der Waals surface area contributed by atoms with Crippen LogP contribution in [-0.4, -0.2) is 21.6 Å². The Kier molecular flexibility index (Phi) is 3.46. The molecular weight excluding hydrogens is 322 g/mol. The first-order valence-electron chi connectivity index (χ1n) is 6.48. The fourth-order valence-corrected chi connectivity index (χ4v) is 2.79. The van der Waals surface area contributed by atoms with E-state index in [-0.39, 0.29) is 33.7 Å². The molecule has 0 aromatic heterocycles. The number of carbonyl (C=O) groups is 2. The number of phenols is 1. The van der Waals surface area contributed by atoms with E-state index in [0.717, 1.165) is 0 Å². The third-order valence-corrected chi connectivity index (χ3v) is 3.89. The molecule has 0 atom stereocenters. The first-order chi connectivity index (χ1) is 10.9. The van der Waals surface area contributed by atoms with Gasteiger partial charge in [-0.15, -0.1) is 0 Å². The van der Waals surface area contributed by atoms with Gasteiger partial charge in [0, 0.05) is 11.6 Å². The van der Waals surface area contributed by atoms with Crippen molar-refractivity contribution in [1.29, 1.82) is 0 Å². The number of nitro groups is 1. The summed E-state index contributed by atoms with van der Waals surface area (Å²) in [6.07, 6.45) is 0. The third-order valence-electron chi connectivity index (χ3n) is 3.53. The van der Waals surface area contributed by atoms with Gasteiger partial charge in [0.05, 0.1) is 21.6 Å². The first-order valence-corrected chi connectivity index (χ1v) is 6.86. The first kappa shape index (κ1) is 14.9. The molecule has 6 nitrogen and oxygen atoms in total. The summed E-state index contributed by atoms with van der Waals surface area (Å²) in [5.74, 6) is -1.75. The minimum Gasteiger partial charge on any atom is -0.507 e. The van der Waals surface area contributed by atoms with Crippen LogP contribution in [0.25, 0.3) is 5.57 Å². The summed E-state index contributed by atoms with van der Waals surface area (Å²) in [5.41, 5.74) is -0.820. The maximum absolute atomic E-state index is 12.7. The Morgan fingerprint density at radius 3 is 2.30 bits per heavy atom. The van der Waals surface area contributed by atoms with Gasteiger partial charge in [-0.05, 0) is 12.1 Å². The summed E-state index contributed by atoms with van der Waals surface area (Å²) in [5, 5.41) is 20.5. The summed E-state index contributed by atoms with van der Waals surface area (Å²) in [6, 6.07) is 9.59. The number of hydrogen-bond acceptors (Lipinski definition) is 5. The largest absolute Gasteiger partial charge is 0.507 e. The SMILES string of the molecule is O=C1C(c2ccccc2[N+](=O)[O-])=C(Cl)C(=O)c2c(O)cccc21. The van der Waals surface area contributed by atoms with E-state index in [1.54, 1.807) is 0 Å². The predicted molar refractivity (Wildman–Crippen MR) is 82.6 cm³/mol. The van der Waals surface area contributed by atoms with Gasteiger partial charge in [-0.25, -0.2) is 0 Å². The molecule has 0 aliphatic heterocycles. The van der Waals surface area contributed by atoms with Crippen molar-refractivity contribution >= 4 is 34.4 Å². The van der Waals surface area contributed by atoms with Crippen LogP contribution in [0.2, 0.25) is 0 Å². The number of nitro benzene ring substituents is 1. The lowest BCUT2D eigenvalue weighted by atomic mass is 9.85. The van der Waals surface area contributed by atoms with Crippen molar-refractivity contribution in [3.63, 3.8) is 0 Å². The topological polar surface area (TPSA) is 97.5 Å². The quantitative estimate of drug-likeness (QED) is 0.673. The number of nitrogens with zero attached hydrogens (tertiary/aromatic N) is 1. The van der Waals surface area contributed by atoms with Crippen LogP contribution in [0.5, 0.6) is 5.75 Å². The summed E-state index contributed by atoms with van der Waals surface area (Å²) in [4.78, 5) is 35.6. The zero-order chi connectivity index (χ0) is 16.7. The highest BCUT2D eigenvalue weighted by Crippen LogP contribution is 2.40. The monoisotopic (exact) mass is 329 g/mol. The number of ketones is 2. The third kappa shape index (κ3) is 2.20. The molecule has 0 radical (unpaired) electrons. The molecule has 0 heterocycles. The highest BCUT2D eigenvalue weighted by molar-refractivity contribution is 6.57. The zero-order valence-corrected chi connectivity index (χ0v) is 12.2. The van der Waals surface area contributed by atoms with E-state index in [1.807, 2.05) is 0 Å². The van der Waals surface area contributed by atoms with Gasteiger partial charge in [-0.1, -0.05) is 35.9 Å². The molecule has 114 valence electrons. The number of halogens is 1. The van der Waals surface area contributed by atoms with Crippen LogP contribution >= 0.6 is 11.6 Å². The fraction of sp³-hybridized carbons (Fsp3) is 0. The van der Waals surface area contributed by atoms with Gasteiger partial charge in [0.2, 0.25) is 5.78 Å². The normalized spacial score (nSPS) is 14.0. The molecule has 1 aliphatic rings. The van der Waals surface area contributed by atoms with Crippen molar-refractivity contribution in [2.45, 2.75) is 0 Å². The van der Waals surface area contributed by atoms with Crippen molar-refractivity contribution in [1.82, 2.24) is 0 Å². The molecule has 0 amide bonds. The minimum absolute atomic E-state index is 0.0326. The highest BCUT2D eigenvalue weighted by Gasteiger charge is 2.36. The Hall–Kier alpha value is -2.99. The van der Waals surface area contributed by atoms with E-state index in [2.05, 4.69) is 0 Å². The minimum atomic E-state index is -0.743. The van der Waals surface area contributed by atoms with Crippen LogP contribution in [0, 0.1) is 10.1 Å². The number of benzene rings is 2. The van der Waals surface area contributed by atoms with Crippen LogP contribution in [0.15, 0.2) is 47.5 Å². The standard InChI is InChI=1S/C16H8ClNO5/c17-14-13(8-4-1-2-6-10(8)18(22)23)15(20)9-5-3-7-11(19)12(9)16(14)21/h1-7,19H. The number of aromatic hydroxyl groups is 1. The smallest absolute Gasteiger partial charge is 0.277 e. The molecule has 23 heavy (non-hydrogen) atoms. The van der Waals surface area contributed by atoms with Crippen molar-refractivity contribution < 1.29 is 19.6 Å². The van der Waals surface area contributed by atoms with Crippen molar-refractivity contribution in [2.24, 2.45) is 0 Å². The van der Waals surface area contributed by atoms with Gasteiger partial charge in [0.15, 0.2) is 5.78 Å². The molecule has 3 rings (SSSR count). The number of rotatable bonds is 2. The second-order valence-corrected chi connectivity index (χ2v) is 5.20. The number of Topliss-reactive ketones (excluding diaryl/α,β-unsaturated/α-hetero) is 2. The second kappa shape index (κ2) is 5.33. The summed E-state index contributed by atoms with van der Waals surface area (Å²) in [6.45, 7) is 0. The lowest BCUT2D eigenvalue weighted by molar-refractivity contribution is -0.385. The predicted octanol–water partition coefficient (Wildman–Crippen LogP) is 3.33. The van der Waals surface area contributed by atoms with E-state index < -0.39 is 21.5 Å². The maximum Gasteiger partial charge on any atom is 0.277 e. The van der Waals surface area contributed by atoms with E-state index in [9.17, 15) is 24.8 Å². The molecule has 0 saturated heterocycles. The molecule has 1 aliphatic carbocycles. The van der Waals surface area contributed by atoms with Crippen LogP contribution in [-0.2, 0) is 0 Å². The van der Waals surface area contributed by atoms with E-state index >= 15 is 0 Å². The molecule has 7 heteroatoms. The van der Waals surface area contributed by atoms with Crippen molar-refractivity contribution in [3.05, 3.63) is 74.3 Å². The van der Waals surface area contributed by atoms with Gasteiger partial charge in [-0.3, -0.25) is 19.7 Å². The second-order valence-electron chi connectivity index (χ2n) is 4.82. The average molecular weight is 330 g/mol. The zero-order valence-electron chi connectivity index (χ0n) is 11.4. The van der Waals surface area contributed by atoms with Crippen LogP contribution in [0.1, 0.15) is 26.3 Å². The molecule has 2 aromatic rings. The average Bonchev–Trinajstić information content (AvgIpc) is 2.53. The molecular formula is C16H8ClNO5. The Balaban J connectivity index is 2.31. The van der Waals surface area contributed by atoms with Gasteiger partial charge < -0.3 is 5.11 Å². The molecule has 0 bridgehead atoms. The van der Waals surface area contributed by atoms with Gasteiger partial charge >= 0.3 is 0 Å². The van der Waals surface area contributed by atoms with Gasteiger partial charge in [0.1, 0.15) is 10.8 Å². The molecule has 1 N–H and O–H groups in total. The van der Waals surface area contributed by atoms with Crippen LogP contribution in [0.4, 0.5) is 5.69 Å². The number of fused-ring (bicyclic) bond motifs is 1. The van der Waals surface area contributed by atoms with Crippen LogP contribution in [0.3, 0.4) is 0 Å². The summed E-state index contributed by atoms with van der Waals surface area (Å²) in [7, 11) is 0. The maximum atomic E-state index is 12.7. The van der Waals surface area contributed by atoms with Gasteiger partial charge in [0.25, 0.3) is 5.69 Å². The summed E-state index contributed by atoms with van der Waals surface area (Å²) >= 11 is 6.01. The summed E-state index contributed by atoms with van der Waals surface area (Å²) < 4.78 is 0. The molecule has 0 unspecified atom stereocenters. The lowest BCUT2D eigenvalue weighted by Gasteiger charge is -2.18. The Labute approximate surface area is 134 Å².